The molecule has 4 aromatic carbocycles. The van der Waals surface area contributed by atoms with Crippen molar-refractivity contribution in [2.24, 2.45) is 5.41 Å². The largest absolute Gasteiger partial charge is 0.322 e. The molecular weight excluding hydrogens is 530 g/mol. The van der Waals surface area contributed by atoms with Crippen molar-refractivity contribution in [3.63, 3.8) is 0 Å². The van der Waals surface area contributed by atoms with Crippen molar-refractivity contribution in [2.45, 2.75) is 51.0 Å². The van der Waals surface area contributed by atoms with Crippen LogP contribution in [0.15, 0.2) is 103 Å². The summed E-state index contributed by atoms with van der Waals surface area (Å²) < 4.78 is 0. The fourth-order valence-corrected chi connectivity index (χ4v) is 7.60. The normalized spacial score (nSPS) is 20.6. The van der Waals surface area contributed by atoms with E-state index in [9.17, 15) is 9.59 Å². The van der Waals surface area contributed by atoms with E-state index >= 15 is 0 Å². The average molecular weight is 570 g/mol. The Morgan fingerprint density at radius 2 is 1.44 bits per heavy atom. The van der Waals surface area contributed by atoms with E-state index < -0.39 is 0 Å². The van der Waals surface area contributed by atoms with Crippen LogP contribution in [0.3, 0.4) is 0 Å². The van der Waals surface area contributed by atoms with Crippen molar-refractivity contribution in [3.8, 4) is 11.1 Å². The molecule has 4 aromatic rings. The van der Waals surface area contributed by atoms with Crippen molar-refractivity contribution in [2.75, 3.05) is 29.9 Å². The highest BCUT2D eigenvalue weighted by molar-refractivity contribution is 6.09. The predicted octanol–water partition coefficient (Wildman–Crippen LogP) is 7.83. The van der Waals surface area contributed by atoms with E-state index in [1.165, 1.54) is 44.2 Å². The fourth-order valence-electron chi connectivity index (χ4n) is 7.60. The molecule has 0 aromatic heterocycles. The van der Waals surface area contributed by atoms with Gasteiger partial charge in [0.15, 0.2) is 0 Å². The van der Waals surface area contributed by atoms with Gasteiger partial charge in [0.25, 0.3) is 11.8 Å². The molecule has 1 saturated heterocycles. The number of hydrogen-bond donors (Lipinski definition) is 1. The molecule has 1 saturated carbocycles. The Hall–Kier alpha value is -4.22. The van der Waals surface area contributed by atoms with E-state index in [0.29, 0.717) is 16.8 Å². The lowest BCUT2D eigenvalue weighted by atomic mass is 9.78. The Morgan fingerprint density at radius 1 is 0.744 bits per heavy atom. The number of fused-ring (bicyclic) bond motifs is 1. The van der Waals surface area contributed by atoms with Gasteiger partial charge in [-0.25, -0.2) is 0 Å². The quantitative estimate of drug-likeness (QED) is 0.266. The van der Waals surface area contributed by atoms with E-state index in [4.69, 9.17) is 0 Å². The number of hydrogen-bond acceptors (Lipinski definition) is 3. The van der Waals surface area contributed by atoms with Gasteiger partial charge in [0.1, 0.15) is 0 Å². The first-order valence-corrected chi connectivity index (χ1v) is 15.8. The van der Waals surface area contributed by atoms with Gasteiger partial charge in [-0.3, -0.25) is 14.5 Å². The van der Waals surface area contributed by atoms with Gasteiger partial charge < -0.3 is 10.2 Å². The van der Waals surface area contributed by atoms with E-state index in [1.807, 2.05) is 89.8 Å². The molecule has 5 nitrogen and oxygen atoms in total. The lowest BCUT2D eigenvalue weighted by molar-refractivity contribution is 0.0982. The summed E-state index contributed by atoms with van der Waals surface area (Å²) >= 11 is 0. The van der Waals surface area contributed by atoms with Crippen molar-refractivity contribution in [1.82, 2.24) is 4.90 Å². The topological polar surface area (TPSA) is 52.7 Å². The Balaban J connectivity index is 1.07. The molecule has 0 radical (unpaired) electrons. The molecule has 1 atom stereocenters. The van der Waals surface area contributed by atoms with Crippen molar-refractivity contribution < 1.29 is 9.59 Å². The highest BCUT2D eigenvalue weighted by Crippen LogP contribution is 2.44. The molecule has 1 unspecified atom stereocenters. The second-order valence-corrected chi connectivity index (χ2v) is 12.6. The number of carbonyl (C=O) groups excluding carboxylic acids is 2. The SMILES string of the molecule is O=C(Nc1ccc(C(=O)N2CCC3(CCN(C4CCCC4)C3)Cc3ccccc32)cc1)c1ccccc1-c1ccccc1. The van der Waals surface area contributed by atoms with Gasteiger partial charge in [0, 0.05) is 41.6 Å². The molecule has 7 rings (SSSR count). The molecule has 2 heterocycles. The van der Waals surface area contributed by atoms with E-state index in [0.717, 1.165) is 48.8 Å². The lowest BCUT2D eigenvalue weighted by Gasteiger charge is -2.30. The summed E-state index contributed by atoms with van der Waals surface area (Å²) in [5.41, 5.74) is 6.35. The van der Waals surface area contributed by atoms with Crippen molar-refractivity contribution in [3.05, 3.63) is 120 Å². The Morgan fingerprint density at radius 3 is 2.26 bits per heavy atom. The molecule has 1 spiro atoms. The molecule has 43 heavy (non-hydrogen) atoms. The van der Waals surface area contributed by atoms with Crippen LogP contribution in [0, 0.1) is 5.41 Å². The van der Waals surface area contributed by atoms with Crippen LogP contribution in [0.25, 0.3) is 11.1 Å². The number of amides is 2. The number of likely N-dealkylation sites (tertiary alicyclic amines) is 1. The van der Waals surface area contributed by atoms with E-state index in [1.54, 1.807) is 0 Å². The summed E-state index contributed by atoms with van der Waals surface area (Å²) in [6.07, 6.45) is 8.67. The number of rotatable bonds is 5. The molecule has 218 valence electrons. The molecule has 5 heteroatoms. The highest BCUT2D eigenvalue weighted by Gasteiger charge is 2.43. The van der Waals surface area contributed by atoms with Gasteiger partial charge in [-0.05, 0) is 97.2 Å². The van der Waals surface area contributed by atoms with Crippen LogP contribution in [-0.4, -0.2) is 42.4 Å². The minimum Gasteiger partial charge on any atom is -0.322 e. The molecule has 3 aliphatic rings. The maximum absolute atomic E-state index is 14.0. The number of nitrogens with zero attached hydrogens (tertiary/aromatic N) is 2. The van der Waals surface area contributed by atoms with Crippen LogP contribution in [0.2, 0.25) is 0 Å². The van der Waals surface area contributed by atoms with Crippen LogP contribution >= 0.6 is 0 Å². The first-order valence-electron chi connectivity index (χ1n) is 15.8. The van der Waals surface area contributed by atoms with E-state index in [2.05, 4.69) is 28.4 Å². The standard InChI is InChI=1S/C38H39N3O2/c42-36(34-16-8-7-15-33(34)28-10-2-1-3-11-28)39-31-20-18-29(19-21-31)37(43)41-25-23-38(26-30-12-4-9-17-35(30)41)22-24-40(27-38)32-13-5-6-14-32/h1-4,7-12,15-21,32H,5-6,13-14,22-27H2,(H,39,42). The maximum atomic E-state index is 14.0. The zero-order chi connectivity index (χ0) is 29.2. The Labute approximate surface area is 254 Å². The third-order valence-electron chi connectivity index (χ3n) is 9.91. The zero-order valence-electron chi connectivity index (χ0n) is 24.7. The Bertz CT molecular complexity index is 1610. The number of carbonyl (C=O) groups is 2. The summed E-state index contributed by atoms with van der Waals surface area (Å²) in [4.78, 5) is 32.0. The number of nitrogens with one attached hydrogen (secondary N) is 1. The first kappa shape index (κ1) is 27.6. The number of anilines is 2. The number of benzene rings is 4. The van der Waals surface area contributed by atoms with Crippen molar-refractivity contribution >= 4 is 23.2 Å². The van der Waals surface area contributed by atoms with Crippen LogP contribution < -0.4 is 10.2 Å². The van der Waals surface area contributed by atoms with Gasteiger partial charge in [-0.1, -0.05) is 79.6 Å². The average Bonchev–Trinajstić information content (AvgIpc) is 3.70. The van der Waals surface area contributed by atoms with E-state index in [-0.39, 0.29) is 17.2 Å². The van der Waals surface area contributed by atoms with Gasteiger partial charge in [0.2, 0.25) is 0 Å². The first-order chi connectivity index (χ1) is 21.1. The molecule has 1 aliphatic carbocycles. The van der Waals surface area contributed by atoms with Gasteiger partial charge >= 0.3 is 0 Å². The summed E-state index contributed by atoms with van der Waals surface area (Å²) in [7, 11) is 0. The van der Waals surface area contributed by atoms with Crippen LogP contribution in [0.5, 0.6) is 0 Å². The minimum absolute atomic E-state index is 0.0162. The molecular formula is C38H39N3O2. The smallest absolute Gasteiger partial charge is 0.258 e. The fraction of sp³-hybridized carbons (Fsp3) is 0.316. The molecule has 1 N–H and O–H groups in total. The monoisotopic (exact) mass is 569 g/mol. The Kier molecular flexibility index (Phi) is 7.58. The minimum atomic E-state index is -0.173. The third-order valence-corrected chi connectivity index (χ3v) is 9.91. The maximum Gasteiger partial charge on any atom is 0.258 e. The number of para-hydroxylation sites is 1. The third kappa shape index (κ3) is 5.62. The van der Waals surface area contributed by atoms with Gasteiger partial charge in [-0.2, -0.15) is 0 Å². The predicted molar refractivity (Wildman–Crippen MR) is 174 cm³/mol. The molecule has 2 fully saturated rings. The van der Waals surface area contributed by atoms with Gasteiger partial charge in [0.05, 0.1) is 0 Å². The highest BCUT2D eigenvalue weighted by atomic mass is 16.2. The molecule has 2 amide bonds. The summed E-state index contributed by atoms with van der Waals surface area (Å²) in [6.45, 7) is 3.06. The van der Waals surface area contributed by atoms with Crippen molar-refractivity contribution in [1.29, 1.82) is 0 Å². The summed E-state index contributed by atoms with van der Waals surface area (Å²) in [5.74, 6) is -0.157. The summed E-state index contributed by atoms with van der Waals surface area (Å²) in [6, 6.07) is 34.1. The van der Waals surface area contributed by atoms with Crippen LogP contribution in [0.1, 0.15) is 64.8 Å². The zero-order valence-corrected chi connectivity index (χ0v) is 24.7. The lowest BCUT2D eigenvalue weighted by Crippen LogP contribution is -2.36. The molecule has 2 aliphatic heterocycles. The molecule has 0 bridgehead atoms. The second kappa shape index (κ2) is 11.8. The van der Waals surface area contributed by atoms with Gasteiger partial charge in [-0.15, -0.1) is 0 Å². The van der Waals surface area contributed by atoms with Crippen LogP contribution in [0.4, 0.5) is 11.4 Å². The summed E-state index contributed by atoms with van der Waals surface area (Å²) in [5, 5.41) is 3.03. The second-order valence-electron chi connectivity index (χ2n) is 12.6. The van der Waals surface area contributed by atoms with Crippen LogP contribution in [-0.2, 0) is 6.42 Å².